The van der Waals surface area contributed by atoms with Gasteiger partial charge in [0.1, 0.15) is 12.1 Å². The van der Waals surface area contributed by atoms with E-state index in [2.05, 4.69) is 0 Å². The Kier molecular flexibility index (Phi) is 4.32. The van der Waals surface area contributed by atoms with Gasteiger partial charge in [-0.25, -0.2) is 4.39 Å². The van der Waals surface area contributed by atoms with Gasteiger partial charge in [0.15, 0.2) is 0 Å². The first-order chi connectivity index (χ1) is 9.21. The zero-order valence-electron chi connectivity index (χ0n) is 9.97. The summed E-state index contributed by atoms with van der Waals surface area (Å²) in [6.07, 6.45) is 0.792. The third-order valence-electron chi connectivity index (χ3n) is 2.49. The van der Waals surface area contributed by atoms with Gasteiger partial charge in [-0.3, -0.25) is 4.79 Å². The Morgan fingerprint density at radius 1 is 1.26 bits per heavy atom. The molecular weight excluding hydrogens is 261 g/mol. The number of hydrogen-bond acceptors (Lipinski definition) is 3. The maximum absolute atomic E-state index is 13.3. The maximum Gasteiger partial charge on any atom is 0.150 e. The zero-order valence-corrected chi connectivity index (χ0v) is 10.8. The van der Waals surface area contributed by atoms with Gasteiger partial charge < -0.3 is 0 Å². The van der Waals surface area contributed by atoms with Crippen LogP contribution in [0.5, 0.6) is 0 Å². The van der Waals surface area contributed by atoms with Crippen molar-refractivity contribution in [3.63, 3.8) is 0 Å². The monoisotopic (exact) mass is 271 g/mol. The fourth-order valence-corrected chi connectivity index (χ4v) is 2.54. The number of aldehydes is 1. The summed E-state index contributed by atoms with van der Waals surface area (Å²) < 4.78 is 13.3. The highest BCUT2D eigenvalue weighted by atomic mass is 32.2. The normalized spacial score (nSPS) is 9.89. The molecule has 0 atom stereocenters. The van der Waals surface area contributed by atoms with Crippen LogP contribution in [0.1, 0.15) is 21.5 Å². The average molecular weight is 271 g/mol. The molecule has 2 rings (SSSR count). The highest BCUT2D eigenvalue weighted by Gasteiger charge is 2.02. The van der Waals surface area contributed by atoms with E-state index in [1.165, 1.54) is 23.9 Å². The minimum atomic E-state index is -0.406. The van der Waals surface area contributed by atoms with Crippen LogP contribution in [0, 0.1) is 17.1 Å². The van der Waals surface area contributed by atoms with E-state index < -0.39 is 5.82 Å². The van der Waals surface area contributed by atoms with Crippen LogP contribution in [0.3, 0.4) is 0 Å². The Balaban J connectivity index is 2.12. The van der Waals surface area contributed by atoms with Crippen LogP contribution >= 0.6 is 11.8 Å². The molecule has 0 heterocycles. The molecule has 2 nitrogen and oxygen atoms in total. The molecule has 94 valence electrons. The van der Waals surface area contributed by atoms with E-state index >= 15 is 0 Å². The number of benzene rings is 2. The second-order valence-electron chi connectivity index (χ2n) is 3.94. The molecule has 0 aliphatic heterocycles. The fraction of sp³-hybridized carbons (Fsp3) is 0.0667. The summed E-state index contributed by atoms with van der Waals surface area (Å²) in [5.74, 6) is 0.144. The summed E-state index contributed by atoms with van der Waals surface area (Å²) in [5.41, 5.74) is 1.68. The third kappa shape index (κ3) is 3.67. The van der Waals surface area contributed by atoms with Crippen molar-refractivity contribution in [2.75, 3.05) is 0 Å². The van der Waals surface area contributed by atoms with Crippen molar-refractivity contribution in [1.82, 2.24) is 0 Å². The molecule has 0 aliphatic carbocycles. The summed E-state index contributed by atoms with van der Waals surface area (Å²) >= 11 is 1.50. The van der Waals surface area contributed by atoms with E-state index in [0.29, 0.717) is 16.9 Å². The average Bonchev–Trinajstić information content (AvgIpc) is 2.44. The maximum atomic E-state index is 13.3. The highest BCUT2D eigenvalue weighted by molar-refractivity contribution is 7.98. The lowest BCUT2D eigenvalue weighted by molar-refractivity contribution is 0.112. The first-order valence-electron chi connectivity index (χ1n) is 5.59. The molecule has 0 bridgehead atoms. The van der Waals surface area contributed by atoms with Gasteiger partial charge in [0.25, 0.3) is 0 Å². The van der Waals surface area contributed by atoms with Crippen LogP contribution < -0.4 is 0 Å². The van der Waals surface area contributed by atoms with Gasteiger partial charge in [-0.15, -0.1) is 11.8 Å². The van der Waals surface area contributed by atoms with E-state index in [-0.39, 0.29) is 0 Å². The number of rotatable bonds is 4. The Morgan fingerprint density at radius 2 is 2.11 bits per heavy atom. The highest BCUT2D eigenvalue weighted by Crippen LogP contribution is 2.24. The van der Waals surface area contributed by atoms with E-state index in [4.69, 9.17) is 5.26 Å². The molecule has 0 radical (unpaired) electrons. The van der Waals surface area contributed by atoms with Gasteiger partial charge in [-0.1, -0.05) is 12.1 Å². The lowest BCUT2D eigenvalue weighted by atomic mass is 10.1. The minimum absolute atomic E-state index is 0.317. The van der Waals surface area contributed by atoms with E-state index in [1.54, 1.807) is 24.3 Å². The molecule has 0 aromatic heterocycles. The molecule has 0 unspecified atom stereocenters. The van der Waals surface area contributed by atoms with E-state index in [0.717, 1.165) is 16.7 Å². The molecule has 0 fully saturated rings. The molecule has 0 spiro atoms. The van der Waals surface area contributed by atoms with Crippen molar-refractivity contribution < 1.29 is 9.18 Å². The van der Waals surface area contributed by atoms with Gasteiger partial charge in [0.2, 0.25) is 0 Å². The number of hydrogen-bond donors (Lipinski definition) is 0. The largest absolute Gasteiger partial charge is 0.298 e. The number of thioether (sulfide) groups is 1. The molecule has 0 saturated heterocycles. The summed E-state index contributed by atoms with van der Waals surface area (Å²) in [4.78, 5) is 11.6. The van der Waals surface area contributed by atoms with Crippen LogP contribution in [-0.2, 0) is 5.75 Å². The van der Waals surface area contributed by atoms with Gasteiger partial charge in [0, 0.05) is 16.2 Å². The molecule has 0 N–H and O–H groups in total. The van der Waals surface area contributed by atoms with Crippen molar-refractivity contribution in [2.24, 2.45) is 0 Å². The predicted octanol–water partition coefficient (Wildman–Crippen LogP) is 3.80. The Morgan fingerprint density at radius 3 is 2.84 bits per heavy atom. The molecule has 0 aliphatic rings. The SMILES string of the molecule is N#Cc1cc(F)cc(CSc2cccc(C=O)c2)c1. The first kappa shape index (κ1) is 13.3. The van der Waals surface area contributed by atoms with Crippen LogP contribution in [0.2, 0.25) is 0 Å². The van der Waals surface area contributed by atoms with Crippen LogP contribution in [-0.4, -0.2) is 6.29 Å². The quantitative estimate of drug-likeness (QED) is 0.627. The molecule has 2 aromatic rings. The van der Waals surface area contributed by atoms with Crippen molar-refractivity contribution in [1.29, 1.82) is 5.26 Å². The van der Waals surface area contributed by atoms with Crippen molar-refractivity contribution in [2.45, 2.75) is 10.6 Å². The van der Waals surface area contributed by atoms with Crippen LogP contribution in [0.15, 0.2) is 47.4 Å². The van der Waals surface area contributed by atoms with E-state index in [1.807, 2.05) is 12.1 Å². The number of halogens is 1. The summed E-state index contributed by atoms with van der Waals surface area (Å²) in [5, 5.41) is 8.78. The van der Waals surface area contributed by atoms with Crippen molar-refractivity contribution in [3.8, 4) is 6.07 Å². The number of carbonyl (C=O) groups excluding carboxylic acids is 1. The first-order valence-corrected chi connectivity index (χ1v) is 6.57. The van der Waals surface area contributed by atoms with Gasteiger partial charge >= 0.3 is 0 Å². The fourth-order valence-electron chi connectivity index (χ4n) is 1.64. The third-order valence-corrected chi connectivity index (χ3v) is 3.55. The number of nitriles is 1. The minimum Gasteiger partial charge on any atom is -0.298 e. The molecule has 2 aromatic carbocycles. The molecule has 0 amide bonds. The lowest BCUT2D eigenvalue weighted by Gasteiger charge is -2.03. The number of nitrogens with zero attached hydrogens (tertiary/aromatic N) is 1. The number of carbonyl (C=O) groups is 1. The van der Waals surface area contributed by atoms with Gasteiger partial charge in [0.05, 0.1) is 11.6 Å². The van der Waals surface area contributed by atoms with Crippen LogP contribution in [0.25, 0.3) is 0 Å². The molecule has 4 heteroatoms. The summed E-state index contributed by atoms with van der Waals surface area (Å²) in [6, 6.07) is 13.4. The molecule has 19 heavy (non-hydrogen) atoms. The zero-order chi connectivity index (χ0) is 13.7. The lowest BCUT2D eigenvalue weighted by Crippen LogP contribution is -1.87. The van der Waals surface area contributed by atoms with Crippen LogP contribution in [0.4, 0.5) is 4.39 Å². The predicted molar refractivity (Wildman–Crippen MR) is 72.5 cm³/mol. The Hall–Kier alpha value is -2.12. The van der Waals surface area contributed by atoms with Gasteiger partial charge in [-0.05, 0) is 35.9 Å². The second kappa shape index (κ2) is 6.17. The van der Waals surface area contributed by atoms with Gasteiger partial charge in [-0.2, -0.15) is 5.26 Å². The standard InChI is InChI=1S/C15H10FNOS/c16-14-5-12(8-17)4-13(6-14)10-19-15-3-1-2-11(7-15)9-18/h1-7,9H,10H2. The van der Waals surface area contributed by atoms with E-state index in [9.17, 15) is 9.18 Å². The molecule has 0 saturated carbocycles. The topological polar surface area (TPSA) is 40.9 Å². The van der Waals surface area contributed by atoms with Crippen molar-refractivity contribution in [3.05, 3.63) is 65.0 Å². The smallest absolute Gasteiger partial charge is 0.150 e. The Bertz CT molecular complexity index is 649. The molecular formula is C15H10FNOS. The summed E-state index contributed by atoms with van der Waals surface area (Å²) in [6.45, 7) is 0. The Labute approximate surface area is 114 Å². The van der Waals surface area contributed by atoms with Crippen molar-refractivity contribution >= 4 is 18.0 Å². The summed E-state index contributed by atoms with van der Waals surface area (Å²) in [7, 11) is 0. The second-order valence-corrected chi connectivity index (χ2v) is 4.99.